The standard InChI is InChI=1S/C13H13BrN2O3/c1-16(12(17)6-7-13(18)19)11(8-15)9-4-2-3-5-10(9)14/h2-5,11H,6-7H2,1H3,(H,18,19). The Bertz CT molecular complexity index is 525. The van der Waals surface area contributed by atoms with Gasteiger partial charge < -0.3 is 10.0 Å². The maximum Gasteiger partial charge on any atom is 0.303 e. The summed E-state index contributed by atoms with van der Waals surface area (Å²) >= 11 is 3.33. The van der Waals surface area contributed by atoms with E-state index in [9.17, 15) is 14.9 Å². The van der Waals surface area contributed by atoms with Crippen molar-refractivity contribution in [1.82, 2.24) is 4.90 Å². The van der Waals surface area contributed by atoms with Crippen LogP contribution in [0.15, 0.2) is 28.7 Å². The van der Waals surface area contributed by atoms with Gasteiger partial charge in [0, 0.05) is 23.5 Å². The first-order chi connectivity index (χ1) is 8.97. The van der Waals surface area contributed by atoms with Gasteiger partial charge in [0.15, 0.2) is 0 Å². The van der Waals surface area contributed by atoms with E-state index in [2.05, 4.69) is 22.0 Å². The molecular formula is C13H13BrN2O3. The topological polar surface area (TPSA) is 81.4 Å². The fourth-order valence-electron chi connectivity index (χ4n) is 1.60. The van der Waals surface area contributed by atoms with Gasteiger partial charge in [-0.05, 0) is 6.07 Å². The highest BCUT2D eigenvalue weighted by atomic mass is 79.9. The van der Waals surface area contributed by atoms with E-state index in [0.717, 1.165) is 4.47 Å². The molecule has 1 N–H and O–H groups in total. The molecule has 0 aromatic heterocycles. The van der Waals surface area contributed by atoms with E-state index in [4.69, 9.17) is 5.11 Å². The van der Waals surface area contributed by atoms with E-state index in [1.165, 1.54) is 11.9 Å². The van der Waals surface area contributed by atoms with E-state index in [-0.39, 0.29) is 18.7 Å². The summed E-state index contributed by atoms with van der Waals surface area (Å²) in [5.74, 6) is -1.40. The molecule has 19 heavy (non-hydrogen) atoms. The van der Waals surface area contributed by atoms with E-state index in [0.29, 0.717) is 5.56 Å². The van der Waals surface area contributed by atoms with Gasteiger partial charge in [0.05, 0.1) is 12.5 Å². The molecule has 1 unspecified atom stereocenters. The lowest BCUT2D eigenvalue weighted by Gasteiger charge is -2.23. The fourth-order valence-corrected chi connectivity index (χ4v) is 2.10. The van der Waals surface area contributed by atoms with Crippen molar-refractivity contribution >= 4 is 27.8 Å². The highest BCUT2D eigenvalue weighted by Gasteiger charge is 2.23. The van der Waals surface area contributed by atoms with Crippen molar-refractivity contribution in [1.29, 1.82) is 5.26 Å². The Balaban J connectivity index is 2.86. The first-order valence-electron chi connectivity index (χ1n) is 5.59. The van der Waals surface area contributed by atoms with Crippen LogP contribution in [0, 0.1) is 11.3 Å². The number of carbonyl (C=O) groups is 2. The van der Waals surface area contributed by atoms with Gasteiger partial charge in [0.2, 0.25) is 5.91 Å². The molecule has 0 aliphatic rings. The van der Waals surface area contributed by atoms with Gasteiger partial charge in [0.25, 0.3) is 0 Å². The Morgan fingerprint density at radius 1 is 1.42 bits per heavy atom. The summed E-state index contributed by atoms with van der Waals surface area (Å²) in [6, 6.07) is 8.44. The second-order valence-electron chi connectivity index (χ2n) is 3.95. The zero-order valence-corrected chi connectivity index (χ0v) is 11.9. The molecule has 0 aliphatic heterocycles. The number of carbonyl (C=O) groups excluding carboxylic acids is 1. The largest absolute Gasteiger partial charge is 0.481 e. The van der Waals surface area contributed by atoms with Crippen LogP contribution in [0.3, 0.4) is 0 Å². The predicted molar refractivity (Wildman–Crippen MR) is 72.1 cm³/mol. The van der Waals surface area contributed by atoms with Gasteiger partial charge in [-0.3, -0.25) is 9.59 Å². The van der Waals surface area contributed by atoms with Crippen molar-refractivity contribution in [3.63, 3.8) is 0 Å². The minimum Gasteiger partial charge on any atom is -0.481 e. The third-order valence-electron chi connectivity index (χ3n) is 2.66. The molecule has 1 rings (SSSR count). The number of aliphatic carboxylic acids is 1. The lowest BCUT2D eigenvalue weighted by Crippen LogP contribution is -2.30. The smallest absolute Gasteiger partial charge is 0.303 e. The number of carboxylic acids is 1. The van der Waals surface area contributed by atoms with Crippen molar-refractivity contribution < 1.29 is 14.7 Å². The van der Waals surface area contributed by atoms with Crippen molar-refractivity contribution in [3.8, 4) is 6.07 Å². The van der Waals surface area contributed by atoms with Crippen LogP contribution in [0.4, 0.5) is 0 Å². The average molecular weight is 325 g/mol. The molecule has 0 aliphatic carbocycles. The summed E-state index contributed by atoms with van der Waals surface area (Å²) < 4.78 is 0.736. The molecule has 0 bridgehead atoms. The van der Waals surface area contributed by atoms with Crippen molar-refractivity contribution in [3.05, 3.63) is 34.3 Å². The number of benzene rings is 1. The molecule has 1 aromatic rings. The summed E-state index contributed by atoms with van der Waals surface area (Å²) in [5.41, 5.74) is 0.677. The van der Waals surface area contributed by atoms with Crippen molar-refractivity contribution in [2.24, 2.45) is 0 Å². The van der Waals surface area contributed by atoms with E-state index in [1.54, 1.807) is 18.2 Å². The van der Waals surface area contributed by atoms with Crippen LogP contribution < -0.4 is 0 Å². The lowest BCUT2D eigenvalue weighted by molar-refractivity contribution is -0.140. The van der Waals surface area contributed by atoms with Crippen molar-refractivity contribution in [2.45, 2.75) is 18.9 Å². The lowest BCUT2D eigenvalue weighted by atomic mass is 10.1. The van der Waals surface area contributed by atoms with Crippen LogP contribution in [0.2, 0.25) is 0 Å². The van der Waals surface area contributed by atoms with Crippen LogP contribution in [0.25, 0.3) is 0 Å². The zero-order valence-electron chi connectivity index (χ0n) is 10.3. The highest BCUT2D eigenvalue weighted by molar-refractivity contribution is 9.10. The normalized spacial score (nSPS) is 11.4. The average Bonchev–Trinajstić information content (AvgIpc) is 2.38. The summed E-state index contributed by atoms with van der Waals surface area (Å²) in [4.78, 5) is 23.5. The Hall–Kier alpha value is -1.87. The maximum atomic E-state index is 11.8. The number of hydrogen-bond acceptors (Lipinski definition) is 3. The summed E-state index contributed by atoms with van der Waals surface area (Å²) in [6.45, 7) is 0. The molecule has 0 spiro atoms. The number of nitrogens with zero attached hydrogens (tertiary/aromatic N) is 2. The van der Waals surface area contributed by atoms with Crippen LogP contribution in [0.1, 0.15) is 24.4 Å². The van der Waals surface area contributed by atoms with Gasteiger partial charge in [-0.1, -0.05) is 34.1 Å². The number of hydrogen-bond donors (Lipinski definition) is 1. The Morgan fingerprint density at radius 2 is 2.05 bits per heavy atom. The van der Waals surface area contributed by atoms with Gasteiger partial charge >= 0.3 is 5.97 Å². The van der Waals surface area contributed by atoms with E-state index < -0.39 is 12.0 Å². The predicted octanol–water partition coefficient (Wildman–Crippen LogP) is 2.34. The number of halogens is 1. The third-order valence-corrected chi connectivity index (χ3v) is 3.38. The molecule has 0 radical (unpaired) electrons. The molecule has 6 heteroatoms. The number of amides is 1. The van der Waals surface area contributed by atoms with Gasteiger partial charge in [-0.2, -0.15) is 5.26 Å². The number of nitriles is 1. The monoisotopic (exact) mass is 324 g/mol. The maximum absolute atomic E-state index is 11.8. The number of rotatable bonds is 5. The minimum absolute atomic E-state index is 0.117. The first-order valence-corrected chi connectivity index (χ1v) is 6.38. The second-order valence-corrected chi connectivity index (χ2v) is 4.81. The first kappa shape index (κ1) is 15.2. The molecule has 1 amide bonds. The molecular weight excluding hydrogens is 312 g/mol. The van der Waals surface area contributed by atoms with Crippen LogP contribution in [-0.2, 0) is 9.59 Å². The molecule has 1 atom stereocenters. The van der Waals surface area contributed by atoms with E-state index in [1.807, 2.05) is 6.07 Å². The minimum atomic E-state index is -1.03. The molecule has 5 nitrogen and oxygen atoms in total. The Labute approximate surface area is 119 Å². The van der Waals surface area contributed by atoms with Crippen LogP contribution in [0.5, 0.6) is 0 Å². The van der Waals surface area contributed by atoms with Crippen molar-refractivity contribution in [2.75, 3.05) is 7.05 Å². The fraction of sp³-hybridized carbons (Fsp3) is 0.308. The third kappa shape index (κ3) is 4.07. The number of carboxylic acid groups (broad SMARTS) is 1. The van der Waals surface area contributed by atoms with Gasteiger partial charge in [-0.25, -0.2) is 0 Å². The molecule has 0 heterocycles. The SMILES string of the molecule is CN(C(=O)CCC(=O)O)C(C#N)c1ccccc1Br. The molecule has 100 valence electrons. The highest BCUT2D eigenvalue weighted by Crippen LogP contribution is 2.27. The Kier molecular flexibility index (Phi) is 5.52. The molecule has 0 saturated heterocycles. The van der Waals surface area contributed by atoms with Gasteiger partial charge in [-0.15, -0.1) is 0 Å². The van der Waals surface area contributed by atoms with Crippen LogP contribution in [-0.4, -0.2) is 28.9 Å². The Morgan fingerprint density at radius 3 is 2.58 bits per heavy atom. The summed E-state index contributed by atoms with van der Waals surface area (Å²) in [5, 5.41) is 17.8. The second kappa shape index (κ2) is 6.90. The quantitative estimate of drug-likeness (QED) is 0.901. The summed E-state index contributed by atoms with van der Waals surface area (Å²) in [6.07, 6.45) is -0.355. The molecule has 1 aromatic carbocycles. The van der Waals surface area contributed by atoms with E-state index >= 15 is 0 Å². The molecule has 0 fully saturated rings. The zero-order chi connectivity index (χ0) is 14.4. The molecule has 0 saturated carbocycles. The summed E-state index contributed by atoms with van der Waals surface area (Å²) in [7, 11) is 1.50. The van der Waals surface area contributed by atoms with Crippen LogP contribution >= 0.6 is 15.9 Å². The van der Waals surface area contributed by atoms with Gasteiger partial charge in [0.1, 0.15) is 6.04 Å².